The first-order valence-electron chi connectivity index (χ1n) is 11.8. The average molecular weight is 685 g/mol. The number of aldehydes is 1. The monoisotopic (exact) mass is 681 g/mol. The maximum absolute atomic E-state index is 10.5. The molecule has 1 aliphatic heterocycles. The van der Waals surface area contributed by atoms with Crippen LogP contribution in [0.1, 0.15) is 102 Å². The zero-order valence-electron chi connectivity index (χ0n) is 23.8. The Kier molecular flexibility index (Phi) is 27.1. The van der Waals surface area contributed by atoms with Crippen LogP contribution >= 0.6 is 0 Å². The minimum atomic E-state index is -0.0101. The van der Waals surface area contributed by atoms with Gasteiger partial charge in [0, 0.05) is 30.8 Å². The Morgan fingerprint density at radius 3 is 1.81 bits per heavy atom. The van der Waals surface area contributed by atoms with Crippen LogP contribution in [-0.2, 0) is 4.79 Å². The van der Waals surface area contributed by atoms with Crippen molar-refractivity contribution >= 4 is 6.29 Å². The van der Waals surface area contributed by atoms with Crippen molar-refractivity contribution in [2.75, 3.05) is 7.05 Å². The molecule has 0 amide bonds. The third-order valence-corrected chi connectivity index (χ3v) is 4.75. The van der Waals surface area contributed by atoms with Crippen molar-refractivity contribution in [2.24, 2.45) is 23.0 Å². The van der Waals surface area contributed by atoms with Crippen molar-refractivity contribution in [2.45, 2.75) is 108 Å². The summed E-state index contributed by atoms with van der Waals surface area (Å²) in [6.07, 6.45) is 9.94. The molecule has 0 bridgehead atoms. The molecule has 0 fully saturated rings. The van der Waals surface area contributed by atoms with Crippen LogP contribution in [0, 0.1) is 23.7 Å². The molecule has 2 atom stereocenters. The molecule has 0 aromatic carbocycles. The van der Waals surface area contributed by atoms with E-state index in [9.17, 15) is 4.79 Å². The third-order valence-electron chi connectivity index (χ3n) is 4.75. The van der Waals surface area contributed by atoms with Crippen molar-refractivity contribution in [3.05, 3.63) is 43.1 Å². The van der Waals surface area contributed by atoms with Crippen LogP contribution in [0.15, 0.2) is 36.7 Å². The smallest absolute Gasteiger partial charge is 0.123 e. The quantitative estimate of drug-likeness (QED) is 0.174. The van der Waals surface area contributed by atoms with Crippen molar-refractivity contribution in [3.63, 3.8) is 0 Å². The summed E-state index contributed by atoms with van der Waals surface area (Å²) in [5.41, 5.74) is 8.07. The van der Waals surface area contributed by atoms with Gasteiger partial charge in [-0.2, -0.15) is 12.8 Å². The van der Waals surface area contributed by atoms with E-state index in [1.165, 1.54) is 12.1 Å². The first kappa shape index (κ1) is 39.9. The molecule has 1 rings (SSSR count). The average Bonchev–Trinajstić information content (AvgIpc) is 2.69. The van der Waals surface area contributed by atoms with Gasteiger partial charge in [-0.15, -0.1) is 6.58 Å². The molecule has 0 saturated heterocycles. The number of carbonyl (C=O) groups excluding carboxylic acids is 1. The number of likely N-dealkylation sites (N-methyl/N-ethyl adjacent to an activating group) is 1. The number of rotatable bonds is 6. The van der Waals surface area contributed by atoms with Crippen LogP contribution in [0.3, 0.4) is 0 Å². The normalized spacial score (nSPS) is 16.8. The van der Waals surface area contributed by atoms with Crippen LogP contribution in [0.5, 0.6) is 0 Å². The molecule has 1 heterocycles. The summed E-state index contributed by atoms with van der Waals surface area (Å²) in [5.74, 6) is 0.847. The maximum Gasteiger partial charge on any atom is 0.123 e. The van der Waals surface area contributed by atoms with E-state index in [0.29, 0.717) is 11.1 Å². The standard InChI is InChI=1S/C12H20N2O.C6H14.C5H11.C3H6.C2H6.Cm/c1-9(8-15)5-11-7-12(3,14(11)4)6-10(2)13;1-5-6(2,3)4;1-4-5(2)3;1-3-2;1-2;/h7-9H,2,5-6,13H2,1,3-4H3;5H2,1-4H3;4-5H,1-3H3;3H,1H2,2H3;1-2H3;/q;;-1;;;. The summed E-state index contributed by atoms with van der Waals surface area (Å²) in [6, 6.07) is 0. The minimum Gasteiger partial charge on any atom is -0.402 e. The predicted molar refractivity (Wildman–Crippen MR) is 144 cm³/mol. The first-order valence-corrected chi connectivity index (χ1v) is 11.8. The molecule has 1 aliphatic rings. The zero-order chi connectivity index (χ0) is 25.8. The van der Waals surface area contributed by atoms with Gasteiger partial charge in [-0.3, -0.25) is 0 Å². The van der Waals surface area contributed by atoms with Crippen molar-refractivity contribution in [1.82, 2.24) is 4.90 Å². The molecule has 32 heavy (non-hydrogen) atoms. The van der Waals surface area contributed by atoms with Gasteiger partial charge in [0.2, 0.25) is 0 Å². The summed E-state index contributed by atoms with van der Waals surface area (Å²) >= 11 is 0. The van der Waals surface area contributed by atoms with Gasteiger partial charge in [-0.25, -0.2) is 0 Å². The second kappa shape index (κ2) is 21.7. The van der Waals surface area contributed by atoms with Crippen LogP contribution in [0.2, 0.25) is 0 Å². The van der Waals surface area contributed by atoms with Crippen LogP contribution in [0.4, 0.5) is 0 Å². The van der Waals surface area contributed by atoms with E-state index in [1.807, 2.05) is 34.7 Å². The van der Waals surface area contributed by atoms with Crippen LogP contribution in [0.25, 0.3) is 0 Å². The molecule has 4 heteroatoms. The zero-order valence-corrected chi connectivity index (χ0v) is 26.7. The van der Waals surface area contributed by atoms with Crippen molar-refractivity contribution < 1.29 is 4.79 Å². The van der Waals surface area contributed by atoms with E-state index >= 15 is 0 Å². The number of nitrogens with two attached hydrogens (primary N) is 1. The fraction of sp³-hybridized carbons (Fsp3) is 0.714. The van der Waals surface area contributed by atoms with Gasteiger partial charge < -0.3 is 21.8 Å². The summed E-state index contributed by atoms with van der Waals surface area (Å²) in [5, 5.41) is 0. The Labute approximate surface area is 197 Å². The number of allylic oxidation sites excluding steroid dienone is 2. The fourth-order valence-corrected chi connectivity index (χ4v) is 2.02. The molecule has 0 spiro atoms. The molecule has 0 aromatic heterocycles. The van der Waals surface area contributed by atoms with Gasteiger partial charge in [-0.05, 0) is 31.8 Å². The molecule has 0 radical (unpaired) electrons. The molecular weight excluding hydrogens is 627 g/mol. The Morgan fingerprint density at radius 2 is 1.62 bits per heavy atom. The molecule has 194 valence electrons. The minimum absolute atomic E-state index is 0. The van der Waals surface area contributed by atoms with Gasteiger partial charge in [0.1, 0.15) is 6.29 Å². The Balaban J connectivity index is -0.000000119. The Morgan fingerprint density at radius 1 is 1.28 bits per heavy atom. The van der Waals surface area contributed by atoms with Gasteiger partial charge in [0.05, 0.1) is 5.54 Å². The van der Waals surface area contributed by atoms with E-state index in [2.05, 4.69) is 85.9 Å². The van der Waals surface area contributed by atoms with Gasteiger partial charge in [-0.1, -0.05) is 81.4 Å². The van der Waals surface area contributed by atoms with E-state index in [4.69, 9.17) is 5.73 Å². The Hall–Kier alpha value is -2.51. The third kappa shape index (κ3) is 23.8. The molecule has 0 saturated carbocycles. The van der Waals surface area contributed by atoms with Crippen molar-refractivity contribution in [3.8, 4) is 0 Å². The summed E-state index contributed by atoms with van der Waals surface area (Å²) < 4.78 is 0. The Bertz CT molecular complexity index is 492. The molecule has 3 nitrogen and oxygen atoms in total. The van der Waals surface area contributed by atoms with E-state index < -0.39 is 0 Å². The molecule has 2 unspecified atom stereocenters. The second-order valence-corrected chi connectivity index (χ2v) is 9.60. The van der Waals surface area contributed by atoms with Gasteiger partial charge in [0.25, 0.3) is 0 Å². The number of hydrogen-bond donors (Lipinski definition) is 1. The van der Waals surface area contributed by atoms with Crippen LogP contribution in [-0.4, -0.2) is 23.8 Å². The summed E-state index contributed by atoms with van der Waals surface area (Å²) in [7, 11) is 2.04. The maximum atomic E-state index is 10.5. The van der Waals surface area contributed by atoms with Gasteiger partial charge in [0.15, 0.2) is 0 Å². The van der Waals surface area contributed by atoms with E-state index in [0.717, 1.165) is 25.0 Å². The topological polar surface area (TPSA) is 46.3 Å². The van der Waals surface area contributed by atoms with Crippen LogP contribution < -0.4 is 5.73 Å². The fourth-order valence-electron chi connectivity index (χ4n) is 2.02. The van der Waals surface area contributed by atoms with E-state index in [1.54, 1.807) is 6.08 Å². The van der Waals surface area contributed by atoms with E-state index in [-0.39, 0.29) is 11.5 Å². The number of carbonyl (C=O) groups is 1. The van der Waals surface area contributed by atoms with Gasteiger partial charge >= 0.3 is 0 Å². The second-order valence-electron chi connectivity index (χ2n) is 9.60. The van der Waals surface area contributed by atoms with Crippen molar-refractivity contribution in [1.29, 1.82) is 0 Å². The molecular formula is C28H57CmN2O-. The SMILES string of the molecule is C=C(N)CC1(C)C=C(CC(C)C=O)N1C.C=CC.CC.CCC(C)(C)C.C[CH-]C(C)C.[Cm]. The summed E-state index contributed by atoms with van der Waals surface area (Å²) in [4.78, 5) is 12.7. The molecule has 0 aromatic rings. The first-order chi connectivity index (χ1) is 14.1. The molecule has 0 aliphatic carbocycles. The molecule has 2 N–H and O–H groups in total. The predicted octanol–water partition coefficient (Wildman–Crippen LogP) is 8.19. The number of nitrogens with zero attached hydrogens (tertiary/aromatic N) is 1. The summed E-state index contributed by atoms with van der Waals surface area (Å²) in [6.45, 7) is 32.4. The largest absolute Gasteiger partial charge is 0.402 e. The number of hydrogen-bond acceptors (Lipinski definition) is 3.